The highest BCUT2D eigenvalue weighted by Crippen LogP contribution is 2.39. The van der Waals surface area contributed by atoms with Crippen molar-refractivity contribution < 1.29 is 4.39 Å². The monoisotopic (exact) mass is 288 g/mol. The lowest BCUT2D eigenvalue weighted by Crippen LogP contribution is -2.47. The molecule has 0 fully saturated rings. The van der Waals surface area contributed by atoms with Gasteiger partial charge in [-0.15, -0.1) is 0 Å². The Morgan fingerprint density at radius 2 is 2.00 bits per heavy atom. The number of benzene rings is 2. The molecule has 2 aromatic rings. The van der Waals surface area contributed by atoms with Crippen LogP contribution in [0.5, 0.6) is 0 Å². The minimum Gasteiger partial charge on any atom is -0.381 e. The number of rotatable bonds is 0. The second-order valence-electron chi connectivity index (χ2n) is 5.42. The highest BCUT2D eigenvalue weighted by atomic mass is 35.5. The average Bonchev–Trinajstić information content (AvgIpc) is 2.47. The van der Waals surface area contributed by atoms with E-state index in [-0.39, 0.29) is 10.8 Å². The zero-order chi connectivity index (χ0) is 13.7. The molecule has 0 aliphatic carbocycles. The van der Waals surface area contributed by atoms with Crippen LogP contribution >= 0.6 is 11.6 Å². The van der Waals surface area contributed by atoms with Gasteiger partial charge >= 0.3 is 0 Å². The van der Waals surface area contributed by atoms with Crippen molar-refractivity contribution >= 4 is 23.0 Å². The van der Waals surface area contributed by atoms with E-state index in [1.807, 2.05) is 0 Å². The van der Waals surface area contributed by atoms with Crippen molar-refractivity contribution in [3.05, 3.63) is 58.4 Å². The number of nitrogens with zero attached hydrogens (tertiary/aromatic N) is 1. The van der Waals surface area contributed by atoms with Crippen molar-refractivity contribution in [3.63, 3.8) is 0 Å². The van der Waals surface area contributed by atoms with E-state index in [9.17, 15) is 4.39 Å². The summed E-state index contributed by atoms with van der Waals surface area (Å²) in [6, 6.07) is 12.1. The van der Waals surface area contributed by atoms with Crippen molar-refractivity contribution in [2.75, 3.05) is 16.8 Å². The molecule has 2 heterocycles. The summed E-state index contributed by atoms with van der Waals surface area (Å²) in [5.74, 6) is -0.355. The maximum absolute atomic E-state index is 13.8. The molecule has 4 rings (SSSR count). The minimum atomic E-state index is -0.355. The second kappa shape index (κ2) is 4.38. The van der Waals surface area contributed by atoms with E-state index < -0.39 is 0 Å². The van der Waals surface area contributed by atoms with Crippen LogP contribution < -0.4 is 10.2 Å². The van der Waals surface area contributed by atoms with Gasteiger partial charge in [0.1, 0.15) is 5.82 Å². The molecule has 1 atom stereocenters. The van der Waals surface area contributed by atoms with E-state index in [2.05, 4.69) is 34.5 Å². The lowest BCUT2D eigenvalue weighted by Gasteiger charge is -2.43. The van der Waals surface area contributed by atoms with Crippen LogP contribution in [-0.2, 0) is 13.0 Å². The highest BCUT2D eigenvalue weighted by molar-refractivity contribution is 6.31. The number of hydrogen-bond acceptors (Lipinski definition) is 2. The van der Waals surface area contributed by atoms with Crippen LogP contribution in [0.15, 0.2) is 36.4 Å². The molecule has 0 amide bonds. The van der Waals surface area contributed by atoms with E-state index >= 15 is 0 Å². The van der Waals surface area contributed by atoms with E-state index in [0.717, 1.165) is 30.9 Å². The fraction of sp³-hybridized carbons (Fsp3) is 0.250. The number of fused-ring (bicyclic) bond motifs is 4. The summed E-state index contributed by atoms with van der Waals surface area (Å²) in [5.41, 5.74) is 4.56. The summed E-state index contributed by atoms with van der Waals surface area (Å²) in [7, 11) is 0. The summed E-state index contributed by atoms with van der Waals surface area (Å²) in [5, 5.41) is 3.54. The van der Waals surface area contributed by atoms with Crippen molar-refractivity contribution in [3.8, 4) is 0 Å². The normalized spacial score (nSPS) is 19.7. The van der Waals surface area contributed by atoms with Gasteiger partial charge in [-0.25, -0.2) is 4.39 Å². The standard InChI is InChI=1S/C16H14ClFN2/c17-13-6-15-16(7-14(13)18)20-9-11-4-2-1-3-10(11)5-12(20)8-19-15/h1-4,6-7,12,19H,5,8-9H2. The largest absolute Gasteiger partial charge is 0.381 e. The van der Waals surface area contributed by atoms with Crippen LogP contribution in [0.2, 0.25) is 5.02 Å². The van der Waals surface area contributed by atoms with Crippen molar-refractivity contribution in [2.45, 2.75) is 19.0 Å². The molecule has 0 saturated carbocycles. The molecule has 1 N–H and O–H groups in total. The first kappa shape index (κ1) is 12.0. The Labute approximate surface area is 122 Å². The first-order chi connectivity index (χ1) is 9.72. The third-order valence-electron chi connectivity index (χ3n) is 4.23. The fourth-order valence-electron chi connectivity index (χ4n) is 3.20. The molecule has 20 heavy (non-hydrogen) atoms. The molecule has 2 aliphatic heterocycles. The lowest BCUT2D eigenvalue weighted by atomic mass is 9.92. The SMILES string of the molecule is Fc1cc2c(cc1Cl)NCC1Cc3ccccc3CN21. The Bertz CT molecular complexity index is 686. The minimum absolute atomic E-state index is 0.173. The number of halogens is 2. The van der Waals surface area contributed by atoms with Gasteiger partial charge in [0.05, 0.1) is 22.4 Å². The lowest BCUT2D eigenvalue weighted by molar-refractivity contribution is 0.557. The van der Waals surface area contributed by atoms with Gasteiger partial charge in [-0.2, -0.15) is 0 Å². The highest BCUT2D eigenvalue weighted by Gasteiger charge is 2.31. The molecule has 1 unspecified atom stereocenters. The van der Waals surface area contributed by atoms with Gasteiger partial charge in [-0.1, -0.05) is 35.9 Å². The number of nitrogens with one attached hydrogen (secondary N) is 1. The summed E-state index contributed by atoms with van der Waals surface area (Å²) < 4.78 is 13.8. The van der Waals surface area contributed by atoms with Crippen LogP contribution in [0.4, 0.5) is 15.8 Å². The Kier molecular flexibility index (Phi) is 2.64. The van der Waals surface area contributed by atoms with Gasteiger partial charge in [0.2, 0.25) is 0 Å². The smallest absolute Gasteiger partial charge is 0.144 e. The Morgan fingerprint density at radius 1 is 1.20 bits per heavy atom. The molecular formula is C16H14ClFN2. The van der Waals surface area contributed by atoms with E-state index in [4.69, 9.17) is 11.6 Å². The quantitative estimate of drug-likeness (QED) is 0.792. The molecule has 2 aliphatic rings. The van der Waals surface area contributed by atoms with Gasteiger partial charge in [-0.3, -0.25) is 0 Å². The van der Waals surface area contributed by atoms with Crippen molar-refractivity contribution in [2.24, 2.45) is 0 Å². The Hall–Kier alpha value is -1.74. The third kappa shape index (κ3) is 1.77. The van der Waals surface area contributed by atoms with Gasteiger partial charge in [0.25, 0.3) is 0 Å². The van der Waals surface area contributed by atoms with E-state index in [0.29, 0.717) is 6.04 Å². The van der Waals surface area contributed by atoms with Crippen LogP contribution in [0.1, 0.15) is 11.1 Å². The summed E-state index contributed by atoms with van der Waals surface area (Å²) in [6.07, 6.45) is 0.993. The maximum Gasteiger partial charge on any atom is 0.144 e. The van der Waals surface area contributed by atoms with Gasteiger partial charge in [0, 0.05) is 19.2 Å². The topological polar surface area (TPSA) is 15.3 Å². The van der Waals surface area contributed by atoms with E-state index in [1.165, 1.54) is 11.1 Å². The van der Waals surface area contributed by atoms with Crippen molar-refractivity contribution in [1.29, 1.82) is 0 Å². The van der Waals surface area contributed by atoms with Crippen LogP contribution in [0.3, 0.4) is 0 Å². The van der Waals surface area contributed by atoms with Crippen LogP contribution in [0, 0.1) is 5.82 Å². The molecule has 2 nitrogen and oxygen atoms in total. The average molecular weight is 289 g/mol. The first-order valence-corrected chi connectivity index (χ1v) is 7.16. The van der Waals surface area contributed by atoms with Crippen molar-refractivity contribution in [1.82, 2.24) is 0 Å². The third-order valence-corrected chi connectivity index (χ3v) is 4.52. The van der Waals surface area contributed by atoms with Gasteiger partial charge in [-0.05, 0) is 23.6 Å². The molecular weight excluding hydrogens is 275 g/mol. The van der Waals surface area contributed by atoms with Crippen LogP contribution in [-0.4, -0.2) is 12.6 Å². The molecule has 0 radical (unpaired) electrons. The molecule has 2 aromatic carbocycles. The molecule has 0 aromatic heterocycles. The molecule has 102 valence electrons. The number of hydrogen-bond donors (Lipinski definition) is 1. The second-order valence-corrected chi connectivity index (χ2v) is 5.83. The molecule has 4 heteroatoms. The molecule has 0 bridgehead atoms. The van der Waals surface area contributed by atoms with Crippen LogP contribution in [0.25, 0.3) is 0 Å². The maximum atomic E-state index is 13.8. The zero-order valence-electron chi connectivity index (χ0n) is 10.9. The first-order valence-electron chi connectivity index (χ1n) is 6.79. The molecule has 0 spiro atoms. The zero-order valence-corrected chi connectivity index (χ0v) is 11.6. The Balaban J connectivity index is 1.80. The summed E-state index contributed by atoms with van der Waals surface area (Å²) in [6.45, 7) is 1.69. The fourth-order valence-corrected chi connectivity index (χ4v) is 3.36. The number of anilines is 2. The summed E-state index contributed by atoms with van der Waals surface area (Å²) >= 11 is 5.87. The molecule has 0 saturated heterocycles. The Morgan fingerprint density at radius 3 is 2.85 bits per heavy atom. The van der Waals surface area contributed by atoms with E-state index in [1.54, 1.807) is 12.1 Å². The predicted octanol–water partition coefficient (Wildman–Crippen LogP) is 3.84. The predicted molar refractivity (Wildman–Crippen MR) is 80.0 cm³/mol. The summed E-state index contributed by atoms with van der Waals surface area (Å²) in [4.78, 5) is 2.29. The van der Waals surface area contributed by atoms with Gasteiger partial charge < -0.3 is 10.2 Å². The van der Waals surface area contributed by atoms with Gasteiger partial charge in [0.15, 0.2) is 0 Å².